The zero-order valence-corrected chi connectivity index (χ0v) is 23.0. The number of carbonyl (C=O) groups excluding carboxylic acids is 2. The van der Waals surface area contributed by atoms with Gasteiger partial charge in [-0.15, -0.1) is 23.1 Å². The molecule has 2 aromatic rings. The van der Waals surface area contributed by atoms with Crippen molar-refractivity contribution in [1.82, 2.24) is 15.2 Å². The number of carboxylic acids is 1. The Hall–Kier alpha value is -3.01. The first kappa shape index (κ1) is 26.6. The molecule has 1 fully saturated rings. The molecule has 2 amide bonds. The Labute approximate surface area is 230 Å². The second kappa shape index (κ2) is 11.4. The van der Waals surface area contributed by atoms with Crippen molar-refractivity contribution < 1.29 is 33.6 Å². The third-order valence-electron chi connectivity index (χ3n) is 6.47. The number of nitrogens with zero attached hydrogens (tertiary/aromatic N) is 4. The van der Waals surface area contributed by atoms with Crippen molar-refractivity contribution >= 4 is 63.1 Å². The summed E-state index contributed by atoms with van der Waals surface area (Å²) in [7, 11) is 1.51. The van der Waals surface area contributed by atoms with Gasteiger partial charge in [0, 0.05) is 30.2 Å². The number of aliphatic carboxylic acids is 1. The van der Waals surface area contributed by atoms with Crippen LogP contribution in [0, 0.1) is 0 Å². The molecule has 12 nitrogen and oxygen atoms in total. The number of anilines is 1. The van der Waals surface area contributed by atoms with E-state index in [-0.39, 0.29) is 35.4 Å². The van der Waals surface area contributed by atoms with Gasteiger partial charge >= 0.3 is 5.97 Å². The minimum atomic E-state index is -1.15. The molecule has 3 aliphatic rings. The Morgan fingerprint density at radius 1 is 1.32 bits per heavy atom. The number of hydrogen-bond acceptors (Lipinski definition) is 11. The fraction of sp³-hybridized carbons (Fsp3) is 0.478. The van der Waals surface area contributed by atoms with Crippen LogP contribution in [0.1, 0.15) is 29.1 Å². The minimum Gasteiger partial charge on any atom is -0.477 e. The number of nitrogen functional groups attached to an aromatic ring is 1. The molecular weight excluding hydrogens is 552 g/mol. The maximum atomic E-state index is 13.2. The van der Waals surface area contributed by atoms with Crippen molar-refractivity contribution in [2.45, 2.75) is 43.6 Å². The Kier molecular flexibility index (Phi) is 7.97. The zero-order chi connectivity index (χ0) is 26.8. The molecule has 0 aromatic carbocycles. The van der Waals surface area contributed by atoms with Crippen molar-refractivity contribution in [3.05, 3.63) is 38.4 Å². The van der Waals surface area contributed by atoms with Crippen LogP contribution in [0.25, 0.3) is 0 Å². The summed E-state index contributed by atoms with van der Waals surface area (Å²) in [6, 6.07) is -0.912. The molecular formula is C23H27N6O6S3+. The van der Waals surface area contributed by atoms with E-state index in [4.69, 9.17) is 15.3 Å². The molecule has 0 spiro atoms. The summed E-state index contributed by atoms with van der Waals surface area (Å²) in [6.45, 7) is 0.808. The van der Waals surface area contributed by atoms with Gasteiger partial charge in [-0.2, -0.15) is 4.57 Å². The van der Waals surface area contributed by atoms with E-state index in [0.29, 0.717) is 17.9 Å². The smallest absolute Gasteiger partial charge is 0.352 e. The summed E-state index contributed by atoms with van der Waals surface area (Å²) in [6.07, 6.45) is 4.32. The molecule has 1 saturated heterocycles. The number of carboxylic acid groups (broad SMARTS) is 1. The van der Waals surface area contributed by atoms with Gasteiger partial charge in [0.15, 0.2) is 23.1 Å². The van der Waals surface area contributed by atoms with Gasteiger partial charge in [0.25, 0.3) is 11.8 Å². The van der Waals surface area contributed by atoms with Crippen LogP contribution in [0.15, 0.2) is 27.3 Å². The number of nitrogens with one attached hydrogen (secondary N) is 1. The number of β-lactam (4-membered cyclic amide) rings is 1. The number of amides is 2. The molecule has 0 saturated carbocycles. The van der Waals surface area contributed by atoms with Gasteiger partial charge < -0.3 is 25.7 Å². The average molecular weight is 580 g/mol. The second-order valence-electron chi connectivity index (χ2n) is 8.88. The van der Waals surface area contributed by atoms with E-state index in [1.807, 2.05) is 5.51 Å². The number of aromatic nitrogens is 2. The number of thiazole rings is 2. The summed E-state index contributed by atoms with van der Waals surface area (Å²) in [5.74, 6) is -1.87. The monoisotopic (exact) mass is 579 g/mol. The van der Waals surface area contributed by atoms with Crippen molar-refractivity contribution in [3.63, 3.8) is 0 Å². The second-order valence-corrected chi connectivity index (χ2v) is 11.8. The number of methoxy groups -OCH3 is 1. The SMILES string of the molecule is COCCO/N=C(\C(=O)N[C@@H]1C(=O)N2C(C(=O)O)=C(C[n+]3csc4c3CCCC4)CS[C@H]12)c1csc(N)n1. The Balaban J connectivity index is 1.33. The molecule has 2 atom stereocenters. The van der Waals surface area contributed by atoms with Crippen molar-refractivity contribution in [2.24, 2.45) is 5.16 Å². The van der Waals surface area contributed by atoms with Crippen molar-refractivity contribution in [1.29, 1.82) is 0 Å². The Morgan fingerprint density at radius 3 is 2.87 bits per heavy atom. The van der Waals surface area contributed by atoms with Gasteiger partial charge in [-0.05, 0) is 19.3 Å². The molecule has 4 N–H and O–H groups in total. The minimum absolute atomic E-state index is 0.00317. The lowest BCUT2D eigenvalue weighted by Gasteiger charge is -2.49. The zero-order valence-electron chi connectivity index (χ0n) is 20.5. The predicted molar refractivity (Wildman–Crippen MR) is 142 cm³/mol. The van der Waals surface area contributed by atoms with Crippen molar-refractivity contribution in [2.75, 3.05) is 31.8 Å². The summed E-state index contributed by atoms with van der Waals surface area (Å²) in [5, 5.41) is 17.9. The lowest BCUT2D eigenvalue weighted by atomic mass is 10.0. The van der Waals surface area contributed by atoms with Crippen LogP contribution >= 0.6 is 34.4 Å². The standard InChI is InChI=1S/C23H26N6O6S3/c1-34-6-7-35-27-16(13-10-37-23(24)25-13)19(30)26-17-20(31)29-18(22(32)33)12(9-36-21(17)29)8-28-11-38-15-5-3-2-4-14(15)28/h10-11,17,21H,2-9H2,1H3,(H3-,24,25,26,30,32,33)/p+1/b27-16-/t17-,21-/m1/s1. The third kappa shape index (κ3) is 5.15. The van der Waals surface area contributed by atoms with Crippen molar-refractivity contribution in [3.8, 4) is 0 Å². The number of hydrogen-bond donors (Lipinski definition) is 3. The van der Waals surface area contributed by atoms with Gasteiger partial charge in [0.2, 0.25) is 5.51 Å². The van der Waals surface area contributed by atoms with Gasteiger partial charge in [0.05, 0.1) is 11.5 Å². The number of aryl methyl sites for hydroxylation is 1. The van der Waals surface area contributed by atoms with Gasteiger partial charge in [0.1, 0.15) is 29.4 Å². The fourth-order valence-corrected chi connectivity index (χ4v) is 7.62. The van der Waals surface area contributed by atoms with E-state index in [2.05, 4.69) is 20.0 Å². The molecule has 4 heterocycles. The number of fused-ring (bicyclic) bond motifs is 2. The first-order chi connectivity index (χ1) is 18.4. The lowest BCUT2D eigenvalue weighted by molar-refractivity contribution is -0.692. The first-order valence-electron chi connectivity index (χ1n) is 12.0. The number of thioether (sulfide) groups is 1. The topological polar surface area (TPSA) is 160 Å². The molecule has 15 heteroatoms. The summed E-state index contributed by atoms with van der Waals surface area (Å²) in [4.78, 5) is 50.5. The van der Waals surface area contributed by atoms with E-state index in [9.17, 15) is 19.5 Å². The van der Waals surface area contributed by atoms with E-state index in [0.717, 1.165) is 30.6 Å². The number of nitrogens with two attached hydrogens (primary N) is 1. The number of rotatable bonds is 10. The normalized spacial score (nSPS) is 21.0. The van der Waals surface area contributed by atoms with E-state index in [1.54, 1.807) is 16.7 Å². The molecule has 2 aliphatic heterocycles. The highest BCUT2D eigenvalue weighted by Gasteiger charge is 2.55. The fourth-order valence-electron chi connectivity index (χ4n) is 4.67. The van der Waals surface area contributed by atoms with Crippen LogP contribution in [0.2, 0.25) is 0 Å². The summed E-state index contributed by atoms with van der Waals surface area (Å²) >= 11 is 4.27. The molecule has 0 radical (unpaired) electrons. The number of oxime groups is 1. The molecule has 1 aliphatic carbocycles. The molecule has 2 aromatic heterocycles. The highest BCUT2D eigenvalue weighted by Crippen LogP contribution is 2.40. The van der Waals surface area contributed by atoms with Crippen LogP contribution in [0.3, 0.4) is 0 Å². The maximum absolute atomic E-state index is 13.2. The molecule has 0 unspecified atom stereocenters. The molecule has 202 valence electrons. The maximum Gasteiger partial charge on any atom is 0.352 e. The summed E-state index contributed by atoms with van der Waals surface area (Å²) in [5.41, 5.74) is 9.78. The van der Waals surface area contributed by atoms with Gasteiger partial charge in [-0.25, -0.2) is 9.78 Å². The van der Waals surface area contributed by atoms with Gasteiger partial charge in [-0.1, -0.05) is 16.5 Å². The Morgan fingerprint density at radius 2 is 2.13 bits per heavy atom. The Bertz CT molecular complexity index is 1320. The highest BCUT2D eigenvalue weighted by atomic mass is 32.2. The van der Waals surface area contributed by atoms with Gasteiger partial charge in [-0.3, -0.25) is 14.5 Å². The van der Waals surface area contributed by atoms with Crippen LogP contribution in [-0.4, -0.2) is 76.0 Å². The molecule has 0 bridgehead atoms. The first-order valence-corrected chi connectivity index (χ1v) is 14.8. The lowest BCUT2D eigenvalue weighted by Crippen LogP contribution is -2.71. The van der Waals surface area contributed by atoms with Crippen LogP contribution in [-0.2, 0) is 43.3 Å². The van der Waals surface area contributed by atoms with E-state index in [1.165, 1.54) is 40.8 Å². The third-order valence-corrected chi connectivity index (χ3v) is 9.57. The van der Waals surface area contributed by atoms with E-state index >= 15 is 0 Å². The largest absolute Gasteiger partial charge is 0.477 e. The van der Waals surface area contributed by atoms with Crippen LogP contribution < -0.4 is 15.6 Å². The predicted octanol–water partition coefficient (Wildman–Crippen LogP) is 0.759. The average Bonchev–Trinajstić information content (AvgIpc) is 3.52. The number of carbonyl (C=O) groups is 3. The van der Waals surface area contributed by atoms with E-state index < -0.39 is 29.2 Å². The van der Waals surface area contributed by atoms with Crippen LogP contribution in [0.5, 0.6) is 0 Å². The quantitative estimate of drug-likeness (QED) is 0.121. The molecule has 38 heavy (non-hydrogen) atoms. The highest BCUT2D eigenvalue weighted by molar-refractivity contribution is 8.00. The summed E-state index contributed by atoms with van der Waals surface area (Å²) < 4.78 is 7.04. The number of ether oxygens (including phenoxy) is 1. The molecule has 5 rings (SSSR count). The van der Waals surface area contributed by atoms with Crippen LogP contribution in [0.4, 0.5) is 5.13 Å².